The van der Waals surface area contributed by atoms with E-state index in [4.69, 9.17) is 0 Å². The van der Waals surface area contributed by atoms with Crippen LogP contribution in [-0.4, -0.2) is 90.8 Å². The molecule has 2 atom stereocenters. The van der Waals surface area contributed by atoms with Gasteiger partial charge in [-0.2, -0.15) is 110 Å². The summed E-state index contributed by atoms with van der Waals surface area (Å²) in [5.74, 6) is -90.7. The van der Waals surface area contributed by atoms with Crippen molar-refractivity contribution < 1.29 is 119 Å². The number of ether oxygens (including phenoxy) is 2. The van der Waals surface area contributed by atoms with Gasteiger partial charge in [0.05, 0.1) is 13.2 Å². The van der Waals surface area contributed by atoms with E-state index in [1.54, 1.807) is 0 Å². The van der Waals surface area contributed by atoms with Gasteiger partial charge in [-0.05, 0) is 0 Å². The molecule has 0 bridgehead atoms. The molecule has 0 aliphatic carbocycles. The SMILES string of the molecule is FC(F)(F)C(F)(F)C(F)(F)C(F)(F)C(F)(F)C(F)(F)C(F)(F)C(F)(F)C(F)(F)C(F)(F)C(F)(OCC1CO1)C(F)(F)F. The van der Waals surface area contributed by atoms with Crippen molar-refractivity contribution in [2.45, 2.75) is 77.6 Å². The normalized spacial score (nSPS) is 20.9. The molecule has 0 aromatic heterocycles. The molecule has 0 N–H and O–H groups in total. The summed E-state index contributed by atoms with van der Waals surface area (Å²) in [7, 11) is 0. The molecule has 252 valence electrons. The lowest BCUT2D eigenvalue weighted by atomic mass is 9.85. The average Bonchev–Trinajstić information content (AvgIpc) is 3.59. The molecule has 27 heteroatoms. The fourth-order valence-electron chi connectivity index (χ4n) is 2.48. The minimum Gasteiger partial charge on any atom is -0.371 e. The molecule has 1 saturated heterocycles. The lowest BCUT2D eigenvalue weighted by Crippen LogP contribution is -2.78. The molecule has 1 aliphatic rings. The number of epoxide rings is 1. The predicted molar refractivity (Wildman–Crippen MR) is 76.2 cm³/mol. The maximum Gasteiger partial charge on any atom is 0.460 e. The molecule has 1 heterocycles. The summed E-state index contributed by atoms with van der Waals surface area (Å²) in [5.41, 5.74) is 0. The van der Waals surface area contributed by atoms with Crippen molar-refractivity contribution in [3.8, 4) is 0 Å². The minimum atomic E-state index is -9.59. The second-order valence-electron chi connectivity index (χ2n) is 8.03. The number of alkyl halides is 25. The first kappa shape index (κ1) is 38.2. The fraction of sp³-hybridized carbons (Fsp3) is 1.00. The van der Waals surface area contributed by atoms with Crippen LogP contribution in [0.15, 0.2) is 0 Å². The van der Waals surface area contributed by atoms with Crippen LogP contribution < -0.4 is 0 Å². The van der Waals surface area contributed by atoms with Crippen LogP contribution in [-0.2, 0) is 9.47 Å². The van der Waals surface area contributed by atoms with Crippen molar-refractivity contribution in [1.29, 1.82) is 0 Å². The third kappa shape index (κ3) is 4.68. The molecule has 2 nitrogen and oxygen atoms in total. The first-order valence-corrected chi connectivity index (χ1v) is 9.31. The predicted octanol–water partition coefficient (Wildman–Crippen LogP) is 7.91. The fourth-order valence-corrected chi connectivity index (χ4v) is 2.48. The molecule has 1 fully saturated rings. The summed E-state index contributed by atoms with van der Waals surface area (Å²) in [6, 6.07) is 0. The number of hydrogen-bond donors (Lipinski definition) is 0. The van der Waals surface area contributed by atoms with Crippen LogP contribution in [0.2, 0.25) is 0 Å². The molecule has 1 rings (SSSR count). The third-order valence-electron chi connectivity index (χ3n) is 5.15. The Labute approximate surface area is 211 Å². The van der Waals surface area contributed by atoms with E-state index in [0.29, 0.717) is 0 Å². The lowest BCUT2D eigenvalue weighted by molar-refractivity contribution is -0.492. The maximum atomic E-state index is 14.0. The molecule has 0 radical (unpaired) electrons. The van der Waals surface area contributed by atoms with E-state index in [1.807, 2.05) is 0 Å². The molecule has 0 saturated carbocycles. The van der Waals surface area contributed by atoms with E-state index in [-0.39, 0.29) is 0 Å². The van der Waals surface area contributed by atoms with Crippen LogP contribution >= 0.6 is 0 Å². The highest BCUT2D eigenvalue weighted by Gasteiger charge is 2.99. The Bertz CT molecular complexity index is 987. The Morgan fingerprint density at radius 3 is 0.833 bits per heavy atom. The Morgan fingerprint density at radius 2 is 0.619 bits per heavy atom. The highest BCUT2D eigenvalue weighted by molar-refractivity contribution is 5.19. The second-order valence-corrected chi connectivity index (χ2v) is 8.03. The highest BCUT2D eigenvalue weighted by Crippen LogP contribution is 2.67. The first-order valence-electron chi connectivity index (χ1n) is 9.31. The number of halogens is 25. The zero-order valence-corrected chi connectivity index (χ0v) is 18.3. The van der Waals surface area contributed by atoms with E-state index in [2.05, 4.69) is 9.47 Å². The lowest BCUT2D eigenvalue weighted by Gasteiger charge is -2.46. The van der Waals surface area contributed by atoms with Crippen LogP contribution in [0.1, 0.15) is 0 Å². The third-order valence-corrected chi connectivity index (χ3v) is 5.15. The second kappa shape index (κ2) is 9.58. The van der Waals surface area contributed by atoms with Gasteiger partial charge >= 0.3 is 71.5 Å². The zero-order valence-electron chi connectivity index (χ0n) is 18.3. The quantitative estimate of drug-likeness (QED) is 0.153. The molecule has 42 heavy (non-hydrogen) atoms. The van der Waals surface area contributed by atoms with Crippen molar-refractivity contribution in [3.63, 3.8) is 0 Å². The largest absolute Gasteiger partial charge is 0.460 e. The Kier molecular flexibility index (Phi) is 8.71. The van der Waals surface area contributed by atoms with Gasteiger partial charge in [0.15, 0.2) is 0 Å². The van der Waals surface area contributed by atoms with Gasteiger partial charge in [-0.3, -0.25) is 0 Å². The van der Waals surface area contributed by atoms with Gasteiger partial charge < -0.3 is 9.47 Å². The van der Waals surface area contributed by atoms with E-state index in [1.165, 1.54) is 0 Å². The van der Waals surface area contributed by atoms with Crippen molar-refractivity contribution in [2.24, 2.45) is 0 Å². The molecule has 2 unspecified atom stereocenters. The maximum absolute atomic E-state index is 14.0. The van der Waals surface area contributed by atoms with Gasteiger partial charge in [-0.15, -0.1) is 0 Å². The number of rotatable bonds is 12. The summed E-state index contributed by atoms with van der Waals surface area (Å²) in [6.45, 7) is -3.13. The average molecular weight is 692 g/mol. The van der Waals surface area contributed by atoms with Gasteiger partial charge in [0.1, 0.15) is 6.10 Å². The summed E-state index contributed by atoms with van der Waals surface area (Å²) < 4.78 is 338. The molecular formula is C15H5F25O2. The topological polar surface area (TPSA) is 21.8 Å². The van der Waals surface area contributed by atoms with Crippen molar-refractivity contribution in [2.75, 3.05) is 13.2 Å². The summed E-state index contributed by atoms with van der Waals surface area (Å²) >= 11 is 0. The monoisotopic (exact) mass is 692 g/mol. The Morgan fingerprint density at radius 1 is 0.381 bits per heavy atom. The molecule has 0 amide bonds. The van der Waals surface area contributed by atoms with Gasteiger partial charge in [0.25, 0.3) is 0 Å². The molecule has 0 aromatic carbocycles. The minimum absolute atomic E-state index is 0.850. The molecule has 1 aliphatic heterocycles. The van der Waals surface area contributed by atoms with Crippen LogP contribution in [0.5, 0.6) is 0 Å². The smallest absolute Gasteiger partial charge is 0.371 e. The Hall–Kier alpha value is -1.83. The Balaban J connectivity index is 3.85. The van der Waals surface area contributed by atoms with Crippen LogP contribution in [0.3, 0.4) is 0 Å². The zero-order chi connectivity index (χ0) is 34.4. The molecule has 0 aromatic rings. The van der Waals surface area contributed by atoms with E-state index >= 15 is 0 Å². The van der Waals surface area contributed by atoms with Gasteiger partial charge in [0.2, 0.25) is 0 Å². The molecular weight excluding hydrogens is 687 g/mol. The van der Waals surface area contributed by atoms with Crippen LogP contribution in [0.25, 0.3) is 0 Å². The van der Waals surface area contributed by atoms with Crippen molar-refractivity contribution in [1.82, 2.24) is 0 Å². The van der Waals surface area contributed by atoms with Crippen molar-refractivity contribution in [3.05, 3.63) is 0 Å². The van der Waals surface area contributed by atoms with E-state index < -0.39 is 90.8 Å². The van der Waals surface area contributed by atoms with E-state index in [0.717, 1.165) is 0 Å². The van der Waals surface area contributed by atoms with Gasteiger partial charge in [0, 0.05) is 0 Å². The van der Waals surface area contributed by atoms with E-state index in [9.17, 15) is 110 Å². The molecule has 0 spiro atoms. The summed E-state index contributed by atoms with van der Waals surface area (Å²) in [4.78, 5) is 0. The first-order chi connectivity index (χ1) is 17.8. The van der Waals surface area contributed by atoms with Gasteiger partial charge in [-0.25, -0.2) is 0 Å². The summed E-state index contributed by atoms with van der Waals surface area (Å²) in [5, 5.41) is 0. The van der Waals surface area contributed by atoms with Gasteiger partial charge in [-0.1, -0.05) is 0 Å². The highest BCUT2D eigenvalue weighted by atomic mass is 19.4. The van der Waals surface area contributed by atoms with Crippen LogP contribution in [0, 0.1) is 0 Å². The van der Waals surface area contributed by atoms with Crippen LogP contribution in [0.4, 0.5) is 110 Å². The summed E-state index contributed by atoms with van der Waals surface area (Å²) in [6.07, 6.45) is -17.9. The standard InChI is InChI=1S/C15H5F25O2/c16-4(17,6(20,21)8(24,25)10(28,29)12(32,33)14(35,36)37)5(18,19)7(22,23)9(26,27)11(30,31)13(34,15(38,39)40)42-2-3-1-41-3/h3H,1-2H2. The number of hydrogen-bond acceptors (Lipinski definition) is 2. The van der Waals surface area contributed by atoms with Crippen molar-refractivity contribution >= 4 is 0 Å².